The summed E-state index contributed by atoms with van der Waals surface area (Å²) in [6, 6.07) is 11.1. The normalized spacial score (nSPS) is 16.7. The van der Waals surface area contributed by atoms with Gasteiger partial charge in [0.15, 0.2) is 0 Å². The van der Waals surface area contributed by atoms with Gasteiger partial charge in [0.25, 0.3) is 5.91 Å². The van der Waals surface area contributed by atoms with Crippen LogP contribution < -0.4 is 11.1 Å². The number of thiophene rings is 1. The van der Waals surface area contributed by atoms with Crippen molar-refractivity contribution >= 4 is 53.0 Å². The van der Waals surface area contributed by atoms with E-state index in [1.165, 1.54) is 11.8 Å². The lowest BCUT2D eigenvalue weighted by Crippen LogP contribution is -2.45. The average Bonchev–Trinajstić information content (AvgIpc) is 3.14. The molecule has 3 N–H and O–H groups in total. The number of rotatable bonds is 5. The Morgan fingerprint density at radius 2 is 2.04 bits per heavy atom. The fourth-order valence-electron chi connectivity index (χ4n) is 2.75. The van der Waals surface area contributed by atoms with E-state index in [-0.39, 0.29) is 30.3 Å². The molecule has 1 aromatic heterocycles. The third-order valence-electron chi connectivity index (χ3n) is 4.00. The van der Waals surface area contributed by atoms with Gasteiger partial charge in [-0.15, -0.1) is 35.5 Å². The molecule has 3 rings (SSSR count). The number of carbonyl (C=O) groups is 2. The van der Waals surface area contributed by atoms with Crippen LogP contribution in [0.1, 0.15) is 23.2 Å². The molecule has 1 aromatic carbocycles. The standard InChI is InChI=1S/C18H21N3O2S2.ClH/c19-14-3-1-9-21(11-14)18(23)13-5-7-15(8-6-13)20-16(22)12-25-17-4-2-10-24-17;/h2,4-8,10,14H,1,3,9,11-12,19H2,(H,20,22);1H. The summed E-state index contributed by atoms with van der Waals surface area (Å²) in [5, 5.41) is 4.85. The van der Waals surface area contributed by atoms with Gasteiger partial charge in [0.1, 0.15) is 0 Å². The monoisotopic (exact) mass is 411 g/mol. The number of nitrogens with zero attached hydrogens (tertiary/aromatic N) is 1. The Morgan fingerprint density at radius 1 is 1.27 bits per heavy atom. The Kier molecular flexibility index (Phi) is 7.96. The molecule has 0 bridgehead atoms. The zero-order chi connectivity index (χ0) is 17.6. The minimum atomic E-state index is -0.0560. The van der Waals surface area contributed by atoms with Crippen molar-refractivity contribution in [3.8, 4) is 0 Å². The summed E-state index contributed by atoms with van der Waals surface area (Å²) in [4.78, 5) is 26.3. The van der Waals surface area contributed by atoms with Crippen molar-refractivity contribution in [3.05, 3.63) is 47.3 Å². The molecule has 2 amide bonds. The van der Waals surface area contributed by atoms with E-state index in [9.17, 15) is 9.59 Å². The molecule has 1 saturated heterocycles. The molecule has 1 atom stereocenters. The summed E-state index contributed by atoms with van der Waals surface area (Å²) in [5.74, 6) is 0.313. The number of halogens is 1. The van der Waals surface area contributed by atoms with Crippen LogP contribution in [0.4, 0.5) is 5.69 Å². The summed E-state index contributed by atoms with van der Waals surface area (Å²) in [6.45, 7) is 1.36. The molecule has 1 aliphatic rings. The number of hydrogen-bond acceptors (Lipinski definition) is 5. The molecule has 0 saturated carbocycles. The summed E-state index contributed by atoms with van der Waals surface area (Å²) in [5.41, 5.74) is 7.26. The molecule has 2 aromatic rings. The minimum Gasteiger partial charge on any atom is -0.337 e. The summed E-state index contributed by atoms with van der Waals surface area (Å²) in [6.07, 6.45) is 1.92. The molecule has 8 heteroatoms. The molecule has 5 nitrogen and oxygen atoms in total. The van der Waals surface area contributed by atoms with E-state index < -0.39 is 0 Å². The molecule has 0 radical (unpaired) electrons. The van der Waals surface area contributed by atoms with Gasteiger partial charge in [-0.05, 0) is 48.6 Å². The third-order valence-corrected chi connectivity index (χ3v) is 6.13. The molecular formula is C18H22ClN3O2S2. The van der Waals surface area contributed by atoms with Crippen LogP contribution in [0.25, 0.3) is 0 Å². The lowest BCUT2D eigenvalue weighted by Gasteiger charge is -2.30. The van der Waals surface area contributed by atoms with Gasteiger partial charge in [-0.1, -0.05) is 6.07 Å². The predicted molar refractivity (Wildman–Crippen MR) is 110 cm³/mol. The molecule has 0 spiro atoms. The smallest absolute Gasteiger partial charge is 0.253 e. The van der Waals surface area contributed by atoms with Crippen LogP contribution in [0.15, 0.2) is 46.0 Å². The van der Waals surface area contributed by atoms with Gasteiger partial charge in [0, 0.05) is 30.4 Å². The van der Waals surface area contributed by atoms with E-state index >= 15 is 0 Å². The van der Waals surface area contributed by atoms with Crippen LogP contribution in [-0.2, 0) is 4.79 Å². The van der Waals surface area contributed by atoms with Crippen LogP contribution in [0.5, 0.6) is 0 Å². The summed E-state index contributed by atoms with van der Waals surface area (Å²) < 4.78 is 1.12. The highest BCUT2D eigenvalue weighted by molar-refractivity contribution is 8.01. The van der Waals surface area contributed by atoms with Crippen molar-refractivity contribution in [2.45, 2.75) is 23.1 Å². The Bertz CT molecular complexity index is 723. The van der Waals surface area contributed by atoms with Crippen LogP contribution in [0.3, 0.4) is 0 Å². The number of likely N-dealkylation sites (tertiary alicyclic amines) is 1. The number of hydrogen-bond donors (Lipinski definition) is 2. The molecule has 1 unspecified atom stereocenters. The highest BCUT2D eigenvalue weighted by Crippen LogP contribution is 2.23. The Labute approximate surface area is 167 Å². The maximum Gasteiger partial charge on any atom is 0.253 e. The van der Waals surface area contributed by atoms with Crippen molar-refractivity contribution in [2.75, 3.05) is 24.2 Å². The topological polar surface area (TPSA) is 75.4 Å². The Balaban J connectivity index is 0.00000243. The SMILES string of the molecule is Cl.NC1CCCN(C(=O)c2ccc(NC(=O)CSc3cccs3)cc2)C1. The summed E-state index contributed by atoms with van der Waals surface area (Å²) >= 11 is 3.14. The van der Waals surface area contributed by atoms with Gasteiger partial charge < -0.3 is 16.0 Å². The van der Waals surface area contributed by atoms with Crippen molar-refractivity contribution < 1.29 is 9.59 Å². The lowest BCUT2D eigenvalue weighted by atomic mass is 10.1. The highest BCUT2D eigenvalue weighted by atomic mass is 35.5. The predicted octanol–water partition coefficient (Wildman–Crippen LogP) is 3.46. The van der Waals surface area contributed by atoms with Crippen molar-refractivity contribution in [1.82, 2.24) is 4.90 Å². The third kappa shape index (κ3) is 5.74. The number of nitrogens with one attached hydrogen (secondary N) is 1. The van der Waals surface area contributed by atoms with Gasteiger partial charge in [-0.3, -0.25) is 9.59 Å². The van der Waals surface area contributed by atoms with Gasteiger partial charge in [0.05, 0.1) is 9.96 Å². The van der Waals surface area contributed by atoms with Crippen LogP contribution in [0.2, 0.25) is 0 Å². The van der Waals surface area contributed by atoms with Gasteiger partial charge in [0.2, 0.25) is 5.91 Å². The number of piperidine rings is 1. The Morgan fingerprint density at radius 3 is 2.69 bits per heavy atom. The number of carbonyl (C=O) groups excluding carboxylic acids is 2. The first-order valence-corrected chi connectivity index (χ1v) is 10.1. The second-order valence-electron chi connectivity index (χ2n) is 6.00. The van der Waals surface area contributed by atoms with E-state index in [2.05, 4.69) is 5.32 Å². The van der Waals surface area contributed by atoms with Gasteiger partial charge in [-0.25, -0.2) is 0 Å². The van der Waals surface area contributed by atoms with E-state index in [0.29, 0.717) is 23.5 Å². The van der Waals surface area contributed by atoms with Gasteiger partial charge >= 0.3 is 0 Å². The van der Waals surface area contributed by atoms with E-state index in [1.807, 2.05) is 17.5 Å². The molecule has 26 heavy (non-hydrogen) atoms. The molecule has 140 valence electrons. The number of nitrogens with two attached hydrogens (primary N) is 1. The van der Waals surface area contributed by atoms with Crippen molar-refractivity contribution in [2.24, 2.45) is 5.73 Å². The van der Waals surface area contributed by atoms with Gasteiger partial charge in [-0.2, -0.15) is 0 Å². The zero-order valence-electron chi connectivity index (χ0n) is 14.2. The maximum absolute atomic E-state index is 12.5. The fraction of sp³-hybridized carbons (Fsp3) is 0.333. The second kappa shape index (κ2) is 9.97. The van der Waals surface area contributed by atoms with E-state index in [1.54, 1.807) is 40.5 Å². The van der Waals surface area contributed by atoms with Crippen LogP contribution >= 0.6 is 35.5 Å². The Hall–Kier alpha value is -1.54. The molecule has 2 heterocycles. The van der Waals surface area contributed by atoms with E-state index in [0.717, 1.165) is 23.6 Å². The molecule has 0 aliphatic carbocycles. The van der Waals surface area contributed by atoms with Crippen LogP contribution in [0, 0.1) is 0 Å². The van der Waals surface area contributed by atoms with Crippen molar-refractivity contribution in [1.29, 1.82) is 0 Å². The number of anilines is 1. The minimum absolute atomic E-state index is 0. The zero-order valence-corrected chi connectivity index (χ0v) is 16.7. The van der Waals surface area contributed by atoms with Crippen molar-refractivity contribution in [3.63, 3.8) is 0 Å². The molecule has 1 fully saturated rings. The second-order valence-corrected chi connectivity index (χ2v) is 8.22. The lowest BCUT2D eigenvalue weighted by molar-refractivity contribution is -0.113. The van der Waals surface area contributed by atoms with E-state index in [4.69, 9.17) is 5.73 Å². The first-order chi connectivity index (χ1) is 12.1. The first-order valence-electron chi connectivity index (χ1n) is 8.23. The maximum atomic E-state index is 12.5. The number of thioether (sulfide) groups is 1. The van der Waals surface area contributed by atoms with Crippen LogP contribution in [-0.4, -0.2) is 41.6 Å². The molecule has 1 aliphatic heterocycles. The largest absolute Gasteiger partial charge is 0.337 e. The number of amides is 2. The fourth-order valence-corrected chi connectivity index (χ4v) is 4.34. The summed E-state index contributed by atoms with van der Waals surface area (Å²) in [7, 11) is 0. The quantitative estimate of drug-likeness (QED) is 0.738. The highest BCUT2D eigenvalue weighted by Gasteiger charge is 2.22. The number of benzene rings is 1. The first kappa shape index (κ1) is 20.8. The molecular weight excluding hydrogens is 390 g/mol. The average molecular weight is 412 g/mol.